The van der Waals surface area contributed by atoms with Gasteiger partial charge in [0.15, 0.2) is 5.82 Å². The third-order valence-electron chi connectivity index (χ3n) is 3.64. The number of nitrogens with zero attached hydrogens (tertiary/aromatic N) is 2. The fourth-order valence-electron chi connectivity index (χ4n) is 2.50. The third-order valence-corrected chi connectivity index (χ3v) is 3.64. The third kappa shape index (κ3) is 2.65. The molecule has 0 saturated carbocycles. The predicted molar refractivity (Wildman–Crippen MR) is 77.7 cm³/mol. The van der Waals surface area contributed by atoms with E-state index in [1.807, 2.05) is 38.1 Å². The Balaban J connectivity index is 1.78. The lowest BCUT2D eigenvalue weighted by Gasteiger charge is -2.18. The Morgan fingerprint density at radius 3 is 2.90 bits per heavy atom. The molecule has 4 heteroatoms. The van der Waals surface area contributed by atoms with E-state index in [9.17, 15) is 0 Å². The normalized spacial score (nSPS) is 13.9. The summed E-state index contributed by atoms with van der Waals surface area (Å²) in [6, 6.07) is 8.01. The maximum Gasteiger partial charge on any atom is 0.166 e. The number of aryl methyl sites for hydroxylation is 2. The van der Waals surface area contributed by atoms with E-state index in [4.69, 9.17) is 4.74 Å². The van der Waals surface area contributed by atoms with Crippen molar-refractivity contribution >= 4 is 0 Å². The molecule has 0 spiro atoms. The van der Waals surface area contributed by atoms with Gasteiger partial charge < -0.3 is 10.1 Å². The van der Waals surface area contributed by atoms with E-state index in [2.05, 4.69) is 15.3 Å². The zero-order valence-electron chi connectivity index (χ0n) is 11.9. The zero-order valence-corrected chi connectivity index (χ0v) is 11.9. The highest BCUT2D eigenvalue weighted by Crippen LogP contribution is 2.19. The molecule has 0 aliphatic carbocycles. The standard InChI is InChI=1S/C16H19N3O/c1-11-5-3-4-6-15(11)20-10-16-18-12(2)13-9-17-8-7-14(13)19-16/h3-6,17H,7-10H2,1-2H3. The summed E-state index contributed by atoms with van der Waals surface area (Å²) in [7, 11) is 0. The Morgan fingerprint density at radius 1 is 1.20 bits per heavy atom. The molecule has 2 heterocycles. The van der Waals surface area contributed by atoms with Crippen molar-refractivity contribution in [3.05, 3.63) is 52.6 Å². The molecule has 0 atom stereocenters. The van der Waals surface area contributed by atoms with Gasteiger partial charge in [-0.15, -0.1) is 0 Å². The van der Waals surface area contributed by atoms with Gasteiger partial charge in [-0.25, -0.2) is 9.97 Å². The van der Waals surface area contributed by atoms with Crippen molar-refractivity contribution < 1.29 is 4.74 Å². The monoisotopic (exact) mass is 269 g/mol. The van der Waals surface area contributed by atoms with Gasteiger partial charge in [0.2, 0.25) is 0 Å². The molecular weight excluding hydrogens is 250 g/mol. The van der Waals surface area contributed by atoms with E-state index >= 15 is 0 Å². The van der Waals surface area contributed by atoms with Gasteiger partial charge in [-0.1, -0.05) is 18.2 Å². The summed E-state index contributed by atoms with van der Waals surface area (Å²) in [6.07, 6.45) is 0.968. The summed E-state index contributed by atoms with van der Waals surface area (Å²) in [6.45, 7) is 6.37. The number of hydrogen-bond donors (Lipinski definition) is 1. The van der Waals surface area contributed by atoms with Gasteiger partial charge in [-0.3, -0.25) is 0 Å². The number of nitrogens with one attached hydrogen (secondary N) is 1. The van der Waals surface area contributed by atoms with Crippen molar-refractivity contribution in [2.45, 2.75) is 33.4 Å². The molecule has 2 aromatic rings. The van der Waals surface area contributed by atoms with E-state index < -0.39 is 0 Å². The molecular formula is C16H19N3O. The molecule has 0 unspecified atom stereocenters. The highest BCUT2D eigenvalue weighted by Gasteiger charge is 2.15. The summed E-state index contributed by atoms with van der Waals surface area (Å²) in [4.78, 5) is 9.20. The van der Waals surface area contributed by atoms with Crippen LogP contribution in [0.3, 0.4) is 0 Å². The minimum absolute atomic E-state index is 0.423. The number of benzene rings is 1. The summed E-state index contributed by atoms with van der Waals surface area (Å²) in [5.41, 5.74) is 4.60. The molecule has 1 aliphatic rings. The average molecular weight is 269 g/mol. The van der Waals surface area contributed by atoms with Crippen LogP contribution in [0.4, 0.5) is 0 Å². The molecule has 0 fully saturated rings. The second kappa shape index (κ2) is 5.59. The number of aromatic nitrogens is 2. The van der Waals surface area contributed by atoms with Crippen LogP contribution in [0.5, 0.6) is 5.75 Å². The highest BCUT2D eigenvalue weighted by molar-refractivity contribution is 5.32. The first-order chi connectivity index (χ1) is 9.74. The zero-order chi connectivity index (χ0) is 13.9. The summed E-state index contributed by atoms with van der Waals surface area (Å²) >= 11 is 0. The lowest BCUT2D eigenvalue weighted by Crippen LogP contribution is -2.26. The molecule has 0 radical (unpaired) electrons. The number of para-hydroxylation sites is 1. The van der Waals surface area contributed by atoms with Gasteiger partial charge in [0.25, 0.3) is 0 Å². The Hall–Kier alpha value is -1.94. The Kier molecular flexibility index (Phi) is 3.65. The number of rotatable bonds is 3. The molecule has 20 heavy (non-hydrogen) atoms. The SMILES string of the molecule is Cc1ccccc1OCc1nc(C)c2c(n1)CCNC2. The Bertz CT molecular complexity index is 625. The fourth-order valence-corrected chi connectivity index (χ4v) is 2.50. The van der Waals surface area contributed by atoms with E-state index in [1.54, 1.807) is 0 Å². The molecule has 0 bridgehead atoms. The first-order valence-corrected chi connectivity index (χ1v) is 6.98. The van der Waals surface area contributed by atoms with Crippen LogP contribution >= 0.6 is 0 Å². The van der Waals surface area contributed by atoms with E-state index in [0.29, 0.717) is 6.61 Å². The second-order valence-corrected chi connectivity index (χ2v) is 5.13. The largest absolute Gasteiger partial charge is 0.485 e. The van der Waals surface area contributed by atoms with Crippen LogP contribution in [-0.4, -0.2) is 16.5 Å². The Morgan fingerprint density at radius 2 is 2.05 bits per heavy atom. The summed E-state index contributed by atoms with van der Waals surface area (Å²) < 4.78 is 5.83. The Labute approximate surface area is 119 Å². The molecule has 0 saturated heterocycles. The molecule has 1 aliphatic heterocycles. The number of hydrogen-bond acceptors (Lipinski definition) is 4. The van der Waals surface area contributed by atoms with Crippen molar-refractivity contribution in [2.75, 3.05) is 6.54 Å². The highest BCUT2D eigenvalue weighted by atomic mass is 16.5. The molecule has 4 nitrogen and oxygen atoms in total. The lowest BCUT2D eigenvalue weighted by molar-refractivity contribution is 0.292. The maximum absolute atomic E-state index is 5.83. The second-order valence-electron chi connectivity index (χ2n) is 5.13. The van der Waals surface area contributed by atoms with Crippen LogP contribution in [-0.2, 0) is 19.6 Å². The first kappa shape index (κ1) is 13.1. The summed E-state index contributed by atoms with van der Waals surface area (Å²) in [5.74, 6) is 1.67. The van der Waals surface area contributed by atoms with Gasteiger partial charge in [0.1, 0.15) is 12.4 Å². The van der Waals surface area contributed by atoms with Crippen LogP contribution in [0.1, 0.15) is 28.3 Å². The van der Waals surface area contributed by atoms with E-state index in [-0.39, 0.29) is 0 Å². The first-order valence-electron chi connectivity index (χ1n) is 6.98. The van der Waals surface area contributed by atoms with Crippen LogP contribution in [0, 0.1) is 13.8 Å². The topological polar surface area (TPSA) is 47.0 Å². The van der Waals surface area contributed by atoms with E-state index in [0.717, 1.165) is 42.3 Å². The fraction of sp³-hybridized carbons (Fsp3) is 0.375. The van der Waals surface area contributed by atoms with Crippen LogP contribution < -0.4 is 10.1 Å². The quantitative estimate of drug-likeness (QED) is 0.929. The van der Waals surface area contributed by atoms with Crippen LogP contribution in [0.15, 0.2) is 24.3 Å². The van der Waals surface area contributed by atoms with Crippen molar-refractivity contribution in [3.8, 4) is 5.75 Å². The predicted octanol–water partition coefficient (Wildman–Crippen LogP) is 2.32. The minimum Gasteiger partial charge on any atom is -0.485 e. The summed E-state index contributed by atoms with van der Waals surface area (Å²) in [5, 5.41) is 3.36. The van der Waals surface area contributed by atoms with Crippen LogP contribution in [0.25, 0.3) is 0 Å². The van der Waals surface area contributed by atoms with E-state index in [1.165, 1.54) is 11.3 Å². The van der Waals surface area contributed by atoms with Crippen molar-refractivity contribution in [3.63, 3.8) is 0 Å². The van der Waals surface area contributed by atoms with Gasteiger partial charge in [-0.2, -0.15) is 0 Å². The molecule has 1 N–H and O–H groups in total. The molecule has 1 aromatic carbocycles. The maximum atomic E-state index is 5.83. The number of fused-ring (bicyclic) bond motifs is 1. The minimum atomic E-state index is 0.423. The molecule has 104 valence electrons. The van der Waals surface area contributed by atoms with Crippen molar-refractivity contribution in [1.29, 1.82) is 0 Å². The van der Waals surface area contributed by atoms with Crippen molar-refractivity contribution in [1.82, 2.24) is 15.3 Å². The smallest absolute Gasteiger partial charge is 0.166 e. The lowest BCUT2D eigenvalue weighted by atomic mass is 10.1. The molecule has 0 amide bonds. The molecule has 1 aromatic heterocycles. The van der Waals surface area contributed by atoms with Crippen LogP contribution in [0.2, 0.25) is 0 Å². The molecule has 3 rings (SSSR count). The van der Waals surface area contributed by atoms with Gasteiger partial charge in [0.05, 0.1) is 5.69 Å². The average Bonchev–Trinajstić information content (AvgIpc) is 2.46. The van der Waals surface area contributed by atoms with Gasteiger partial charge in [0, 0.05) is 30.8 Å². The van der Waals surface area contributed by atoms with Gasteiger partial charge in [-0.05, 0) is 25.5 Å². The van der Waals surface area contributed by atoms with Gasteiger partial charge >= 0.3 is 0 Å². The number of ether oxygens (including phenoxy) is 1. The van der Waals surface area contributed by atoms with Crippen molar-refractivity contribution in [2.24, 2.45) is 0 Å².